The molecule has 0 bridgehead atoms. The molecule has 1 aliphatic carbocycles. The van der Waals surface area contributed by atoms with Crippen LogP contribution in [-0.2, 0) is 6.42 Å². The van der Waals surface area contributed by atoms with Gasteiger partial charge in [0.1, 0.15) is 0 Å². The molecule has 1 unspecified atom stereocenters. The Hall–Kier alpha value is -2.67. The van der Waals surface area contributed by atoms with Crippen molar-refractivity contribution >= 4 is 27.7 Å². The molecule has 2 heterocycles. The van der Waals surface area contributed by atoms with E-state index < -0.39 is 6.09 Å². The first-order chi connectivity index (χ1) is 12.1. The van der Waals surface area contributed by atoms with Gasteiger partial charge >= 0.3 is 6.09 Å². The van der Waals surface area contributed by atoms with Gasteiger partial charge in [-0.2, -0.15) is 0 Å². The van der Waals surface area contributed by atoms with Gasteiger partial charge in [-0.15, -0.1) is 0 Å². The first kappa shape index (κ1) is 15.8. The minimum Gasteiger partial charge on any atom is -0.465 e. The molecule has 0 saturated heterocycles. The minimum atomic E-state index is -1.09. The van der Waals surface area contributed by atoms with Crippen LogP contribution in [-0.4, -0.2) is 21.2 Å². The van der Waals surface area contributed by atoms with Crippen molar-refractivity contribution in [3.05, 3.63) is 64.3 Å². The monoisotopic (exact) mass is 399 g/mol. The fraction of sp³-hybridized carbons (Fsp3) is 0.167. The second kappa shape index (κ2) is 6.33. The number of carbonyl (C=O) groups is 1. The third-order valence-corrected chi connectivity index (χ3v) is 4.68. The summed E-state index contributed by atoms with van der Waals surface area (Å²) in [7, 11) is 0. The van der Waals surface area contributed by atoms with Crippen molar-refractivity contribution in [3.8, 4) is 11.3 Å². The van der Waals surface area contributed by atoms with Gasteiger partial charge in [0, 0.05) is 21.9 Å². The molecule has 0 saturated carbocycles. The van der Waals surface area contributed by atoms with E-state index in [9.17, 15) is 4.79 Å². The predicted molar refractivity (Wildman–Crippen MR) is 95.7 cm³/mol. The molecule has 2 N–H and O–H groups in total. The fourth-order valence-electron chi connectivity index (χ4n) is 3.11. The van der Waals surface area contributed by atoms with Crippen molar-refractivity contribution in [2.75, 3.05) is 5.32 Å². The number of aryl methyl sites for hydroxylation is 1. The van der Waals surface area contributed by atoms with E-state index >= 15 is 0 Å². The Morgan fingerprint density at radius 1 is 1.24 bits per heavy atom. The van der Waals surface area contributed by atoms with Crippen LogP contribution in [0.25, 0.3) is 11.3 Å². The summed E-state index contributed by atoms with van der Waals surface area (Å²) in [4.78, 5) is 19.6. The van der Waals surface area contributed by atoms with E-state index in [-0.39, 0.29) is 5.92 Å². The zero-order valence-electron chi connectivity index (χ0n) is 13.1. The molecule has 6 nitrogen and oxygen atoms in total. The fourth-order valence-corrected chi connectivity index (χ4v) is 3.48. The van der Waals surface area contributed by atoms with Crippen molar-refractivity contribution in [2.24, 2.45) is 0 Å². The van der Waals surface area contributed by atoms with Crippen molar-refractivity contribution in [1.29, 1.82) is 0 Å². The number of halogens is 1. The number of fused-ring (bicyclic) bond motifs is 1. The lowest BCUT2D eigenvalue weighted by molar-refractivity contribution is 0.210. The molecule has 0 fully saturated rings. The van der Waals surface area contributed by atoms with Crippen LogP contribution in [0.4, 0.5) is 10.5 Å². The van der Waals surface area contributed by atoms with Crippen LogP contribution in [0.3, 0.4) is 0 Å². The van der Waals surface area contributed by atoms with E-state index in [0.29, 0.717) is 17.3 Å². The normalized spacial score (nSPS) is 15.8. The molecule has 1 atom stereocenters. The van der Waals surface area contributed by atoms with Crippen LogP contribution < -0.4 is 5.32 Å². The molecule has 3 aromatic rings. The second-order valence-corrected chi connectivity index (χ2v) is 6.78. The number of nitrogens with one attached hydrogen (secondary N) is 1. The van der Waals surface area contributed by atoms with E-state index in [1.807, 2.05) is 0 Å². The van der Waals surface area contributed by atoms with Crippen LogP contribution in [0.15, 0.2) is 51.6 Å². The number of hydrogen-bond acceptors (Lipinski definition) is 4. The van der Waals surface area contributed by atoms with Gasteiger partial charge in [0.25, 0.3) is 0 Å². The number of hydrogen-bond donors (Lipinski definition) is 2. The Kier molecular flexibility index (Phi) is 4.01. The summed E-state index contributed by atoms with van der Waals surface area (Å²) in [5, 5.41) is 11.0. The van der Waals surface area contributed by atoms with Crippen LogP contribution in [0.5, 0.6) is 0 Å². The predicted octanol–water partition coefficient (Wildman–Crippen LogP) is 4.67. The summed E-state index contributed by atoms with van der Waals surface area (Å²) in [6, 6.07) is 9.08. The Morgan fingerprint density at radius 3 is 2.80 bits per heavy atom. The van der Waals surface area contributed by atoms with E-state index in [4.69, 9.17) is 9.52 Å². The third-order valence-electron chi connectivity index (χ3n) is 4.24. The van der Waals surface area contributed by atoms with Gasteiger partial charge in [-0.05, 0) is 64.7 Å². The number of anilines is 1. The lowest BCUT2D eigenvalue weighted by Gasteiger charge is -2.06. The van der Waals surface area contributed by atoms with Gasteiger partial charge in [0.05, 0.1) is 17.8 Å². The number of nitrogens with zero attached hydrogens (tertiary/aromatic N) is 2. The van der Waals surface area contributed by atoms with Gasteiger partial charge in [-0.3, -0.25) is 10.3 Å². The second-order valence-electron chi connectivity index (χ2n) is 5.86. The smallest absolute Gasteiger partial charge is 0.409 e. The summed E-state index contributed by atoms with van der Waals surface area (Å²) in [6.45, 7) is 0. The van der Waals surface area contributed by atoms with Crippen molar-refractivity contribution in [2.45, 2.75) is 18.8 Å². The molecule has 0 aliphatic heterocycles. The van der Waals surface area contributed by atoms with E-state index in [1.54, 1.807) is 36.7 Å². The molecule has 126 valence electrons. The van der Waals surface area contributed by atoms with Crippen molar-refractivity contribution in [3.63, 3.8) is 0 Å². The Balaban J connectivity index is 1.58. The Morgan fingerprint density at radius 2 is 2.04 bits per heavy atom. The number of amides is 1. The summed E-state index contributed by atoms with van der Waals surface area (Å²) >= 11 is 3.45. The van der Waals surface area contributed by atoms with Gasteiger partial charge < -0.3 is 9.52 Å². The van der Waals surface area contributed by atoms with Gasteiger partial charge in [-0.1, -0.05) is 0 Å². The highest BCUT2D eigenvalue weighted by molar-refractivity contribution is 9.10. The highest BCUT2D eigenvalue weighted by Gasteiger charge is 2.29. The molecule has 0 radical (unpaired) electrons. The highest BCUT2D eigenvalue weighted by Crippen LogP contribution is 2.38. The van der Waals surface area contributed by atoms with E-state index in [2.05, 4.69) is 37.3 Å². The summed E-state index contributed by atoms with van der Waals surface area (Å²) in [6.07, 6.45) is 4.30. The lowest BCUT2D eigenvalue weighted by Crippen LogP contribution is -2.06. The molecule has 7 heteroatoms. The van der Waals surface area contributed by atoms with Gasteiger partial charge in [-0.25, -0.2) is 9.78 Å². The molecule has 0 spiro atoms. The average Bonchev–Trinajstić information content (AvgIpc) is 3.21. The minimum absolute atomic E-state index is 0.0739. The third kappa shape index (κ3) is 3.15. The number of rotatable bonds is 3. The maximum Gasteiger partial charge on any atom is 0.409 e. The number of carboxylic acid groups (broad SMARTS) is 1. The largest absolute Gasteiger partial charge is 0.465 e. The standard InChI is InChI=1S/C18H14BrN3O3/c19-12-7-11-3-6-14(16(11)20-8-12)17-21-9-15(25-17)10-1-4-13(5-2-10)22-18(23)24/h1-2,4-5,7-9,14,22H,3,6H2,(H,23,24). The van der Waals surface area contributed by atoms with Crippen LogP contribution in [0, 0.1) is 0 Å². The van der Waals surface area contributed by atoms with Crippen LogP contribution in [0.1, 0.15) is 29.5 Å². The molecule has 25 heavy (non-hydrogen) atoms. The first-order valence-electron chi connectivity index (χ1n) is 7.80. The maximum atomic E-state index is 10.6. The topological polar surface area (TPSA) is 88.2 Å². The molecule has 1 amide bonds. The number of aromatic nitrogens is 2. The molecule has 2 aromatic heterocycles. The molecule has 4 rings (SSSR count). The maximum absolute atomic E-state index is 10.6. The highest BCUT2D eigenvalue weighted by atomic mass is 79.9. The van der Waals surface area contributed by atoms with E-state index in [1.165, 1.54) is 5.56 Å². The SMILES string of the molecule is O=C(O)Nc1ccc(-c2cnc(C3CCc4cc(Br)cnc43)o2)cc1. The first-order valence-corrected chi connectivity index (χ1v) is 8.60. The summed E-state index contributed by atoms with van der Waals surface area (Å²) in [5.41, 5.74) is 3.60. The quantitative estimate of drug-likeness (QED) is 0.667. The molecule has 1 aliphatic rings. The van der Waals surface area contributed by atoms with Gasteiger partial charge in [0.15, 0.2) is 5.76 Å². The van der Waals surface area contributed by atoms with Crippen molar-refractivity contribution < 1.29 is 14.3 Å². The number of benzene rings is 1. The zero-order chi connectivity index (χ0) is 17.4. The van der Waals surface area contributed by atoms with Crippen LogP contribution in [0.2, 0.25) is 0 Å². The molecule has 1 aromatic carbocycles. The lowest BCUT2D eigenvalue weighted by atomic mass is 10.1. The summed E-state index contributed by atoms with van der Waals surface area (Å²) < 4.78 is 6.94. The zero-order valence-corrected chi connectivity index (χ0v) is 14.7. The summed E-state index contributed by atoms with van der Waals surface area (Å²) in [5.74, 6) is 1.39. The molecular formula is C18H14BrN3O3. The van der Waals surface area contributed by atoms with E-state index in [0.717, 1.165) is 28.6 Å². The number of pyridine rings is 1. The van der Waals surface area contributed by atoms with Gasteiger partial charge in [0.2, 0.25) is 5.89 Å². The number of oxazole rings is 1. The van der Waals surface area contributed by atoms with Crippen LogP contribution >= 0.6 is 15.9 Å². The average molecular weight is 400 g/mol. The molecular weight excluding hydrogens is 386 g/mol. The Labute approximate surface area is 152 Å². The Bertz CT molecular complexity index is 937. The van der Waals surface area contributed by atoms with Crippen molar-refractivity contribution in [1.82, 2.24) is 9.97 Å².